The number of hydrogen-bond acceptors (Lipinski definition) is 2. The molecule has 1 atom stereocenters. The highest BCUT2D eigenvalue weighted by atomic mass is 16.5. The quantitative estimate of drug-likeness (QED) is 0.303. The molecule has 1 amide bonds. The summed E-state index contributed by atoms with van der Waals surface area (Å²) in [4.78, 5) is 19.2. The van der Waals surface area contributed by atoms with E-state index in [9.17, 15) is 4.79 Å². The van der Waals surface area contributed by atoms with Gasteiger partial charge in [-0.05, 0) is 66.0 Å². The smallest absolute Gasteiger partial charge is 0.223 e. The summed E-state index contributed by atoms with van der Waals surface area (Å²) in [6.45, 7) is 3.86. The van der Waals surface area contributed by atoms with Gasteiger partial charge in [-0.25, -0.2) is 0 Å². The Morgan fingerprint density at radius 1 is 1.03 bits per heavy atom. The first-order valence-electron chi connectivity index (χ1n) is 13.2. The highest BCUT2D eigenvalue weighted by Gasteiger charge is 2.28. The summed E-state index contributed by atoms with van der Waals surface area (Å²) in [6.07, 6.45) is 6.77. The molecule has 0 bridgehead atoms. The Morgan fingerprint density at radius 2 is 1.81 bits per heavy atom. The molecule has 1 aliphatic heterocycles. The number of likely N-dealkylation sites (tertiary alicyclic amines) is 1. The fourth-order valence-electron chi connectivity index (χ4n) is 5.73. The van der Waals surface area contributed by atoms with Crippen LogP contribution in [0.4, 0.5) is 0 Å². The van der Waals surface area contributed by atoms with Crippen LogP contribution in [0.15, 0.2) is 79.0 Å². The minimum Gasteiger partial charge on any atom is -0.497 e. The molecule has 186 valence electrons. The number of H-pyrrole nitrogens is 1. The monoisotopic (exact) mass is 480 g/mol. The Bertz CT molecular complexity index is 1300. The number of hydrogen-bond donors (Lipinski definition) is 1. The Morgan fingerprint density at radius 3 is 2.56 bits per heavy atom. The van der Waals surface area contributed by atoms with Crippen molar-refractivity contribution in [3.8, 4) is 5.75 Å². The molecule has 1 aromatic heterocycles. The van der Waals surface area contributed by atoms with Crippen LogP contribution in [0.3, 0.4) is 0 Å². The minimum atomic E-state index is -0.0319. The highest BCUT2D eigenvalue weighted by Crippen LogP contribution is 2.36. The summed E-state index contributed by atoms with van der Waals surface area (Å²) in [6, 6.07) is 25.4. The van der Waals surface area contributed by atoms with Crippen molar-refractivity contribution in [3.63, 3.8) is 0 Å². The van der Waals surface area contributed by atoms with Crippen molar-refractivity contribution in [1.29, 1.82) is 0 Å². The lowest BCUT2D eigenvalue weighted by molar-refractivity contribution is -0.132. The van der Waals surface area contributed by atoms with Gasteiger partial charge in [-0.3, -0.25) is 4.79 Å². The van der Waals surface area contributed by atoms with E-state index in [1.807, 2.05) is 12.1 Å². The molecule has 4 nitrogen and oxygen atoms in total. The van der Waals surface area contributed by atoms with E-state index in [0.717, 1.165) is 50.1 Å². The van der Waals surface area contributed by atoms with Gasteiger partial charge in [0.25, 0.3) is 0 Å². The normalized spacial score (nSPS) is 15.2. The van der Waals surface area contributed by atoms with E-state index in [4.69, 9.17) is 4.74 Å². The molecule has 0 aliphatic carbocycles. The molecule has 4 aromatic rings. The van der Waals surface area contributed by atoms with E-state index in [1.54, 1.807) is 7.11 Å². The summed E-state index contributed by atoms with van der Waals surface area (Å²) < 4.78 is 5.53. The van der Waals surface area contributed by atoms with Crippen LogP contribution in [0.2, 0.25) is 0 Å². The van der Waals surface area contributed by atoms with E-state index in [1.165, 1.54) is 27.6 Å². The second-order valence-electron chi connectivity index (χ2n) is 9.98. The van der Waals surface area contributed by atoms with Gasteiger partial charge in [0.15, 0.2) is 0 Å². The molecule has 5 rings (SSSR count). The Balaban J connectivity index is 1.36. The summed E-state index contributed by atoms with van der Waals surface area (Å²) in [7, 11) is 1.69. The van der Waals surface area contributed by atoms with Crippen LogP contribution < -0.4 is 4.74 Å². The molecule has 0 spiro atoms. The first-order valence-corrected chi connectivity index (χ1v) is 13.2. The number of aryl methyl sites for hydroxylation is 1. The predicted octanol–water partition coefficient (Wildman–Crippen LogP) is 6.74. The molecule has 1 aliphatic rings. The van der Waals surface area contributed by atoms with Crippen LogP contribution in [0, 0.1) is 5.92 Å². The first-order chi connectivity index (χ1) is 17.7. The van der Waals surface area contributed by atoms with Crippen LogP contribution >= 0.6 is 0 Å². The van der Waals surface area contributed by atoms with Crippen LogP contribution in [-0.4, -0.2) is 36.0 Å². The van der Waals surface area contributed by atoms with Crippen LogP contribution in [-0.2, 0) is 17.6 Å². The largest absolute Gasteiger partial charge is 0.497 e. The van der Waals surface area contributed by atoms with Crippen molar-refractivity contribution in [2.45, 2.75) is 44.9 Å². The second-order valence-corrected chi connectivity index (χ2v) is 9.98. The molecular formula is C32H36N2O2. The number of amides is 1. The number of benzene rings is 3. The predicted molar refractivity (Wildman–Crippen MR) is 147 cm³/mol. The zero-order chi connectivity index (χ0) is 24.9. The third kappa shape index (κ3) is 5.18. The topological polar surface area (TPSA) is 45.3 Å². The van der Waals surface area contributed by atoms with Gasteiger partial charge >= 0.3 is 0 Å². The average molecular weight is 481 g/mol. The van der Waals surface area contributed by atoms with E-state index in [-0.39, 0.29) is 11.8 Å². The van der Waals surface area contributed by atoms with Crippen molar-refractivity contribution in [2.75, 3.05) is 20.2 Å². The lowest BCUT2D eigenvalue weighted by Crippen LogP contribution is -2.39. The zero-order valence-corrected chi connectivity index (χ0v) is 21.4. The van der Waals surface area contributed by atoms with Gasteiger partial charge < -0.3 is 14.6 Å². The first kappa shape index (κ1) is 24.2. The maximum atomic E-state index is 13.6. The van der Waals surface area contributed by atoms with E-state index in [0.29, 0.717) is 12.3 Å². The highest BCUT2D eigenvalue weighted by molar-refractivity contribution is 5.88. The molecule has 1 saturated heterocycles. The van der Waals surface area contributed by atoms with Crippen LogP contribution in [0.25, 0.3) is 10.9 Å². The average Bonchev–Trinajstić information content (AvgIpc) is 3.36. The molecule has 1 unspecified atom stereocenters. The summed E-state index contributed by atoms with van der Waals surface area (Å²) in [5.74, 6) is 1.67. The molecule has 2 heterocycles. The standard InChI is InChI=1S/C32H36N2O2/c1-3-25-11-8-14-28-30(22-33-32(25)28)29(26-12-7-13-27(20-26)36-2)21-31(35)34-17-15-24(16-18-34)19-23-9-5-4-6-10-23/h4-14,20,22,24,29,33H,3,15-19,21H2,1-2H3. The molecule has 1 N–H and O–H groups in total. The second kappa shape index (κ2) is 11.0. The summed E-state index contributed by atoms with van der Waals surface area (Å²) in [5.41, 5.74) is 6.17. The van der Waals surface area contributed by atoms with Gasteiger partial charge in [0.2, 0.25) is 5.91 Å². The number of methoxy groups -OCH3 is 1. The van der Waals surface area contributed by atoms with E-state index in [2.05, 4.69) is 83.7 Å². The van der Waals surface area contributed by atoms with Crippen molar-refractivity contribution in [1.82, 2.24) is 9.88 Å². The van der Waals surface area contributed by atoms with Gasteiger partial charge in [0, 0.05) is 42.5 Å². The number of nitrogens with zero attached hydrogens (tertiary/aromatic N) is 1. The lowest BCUT2D eigenvalue weighted by Gasteiger charge is -2.33. The number of carbonyl (C=O) groups is 1. The van der Waals surface area contributed by atoms with E-state index >= 15 is 0 Å². The lowest BCUT2D eigenvalue weighted by atomic mass is 9.86. The zero-order valence-electron chi connectivity index (χ0n) is 21.4. The minimum absolute atomic E-state index is 0.0319. The molecule has 0 saturated carbocycles. The fourth-order valence-corrected chi connectivity index (χ4v) is 5.73. The fraction of sp³-hybridized carbons (Fsp3) is 0.344. The number of piperidine rings is 1. The molecule has 1 fully saturated rings. The number of nitrogens with one attached hydrogen (secondary N) is 1. The maximum Gasteiger partial charge on any atom is 0.223 e. The molecule has 0 radical (unpaired) electrons. The number of carbonyl (C=O) groups excluding carboxylic acids is 1. The number of ether oxygens (including phenoxy) is 1. The number of fused-ring (bicyclic) bond motifs is 1. The summed E-state index contributed by atoms with van der Waals surface area (Å²) >= 11 is 0. The van der Waals surface area contributed by atoms with Gasteiger partial charge in [0.1, 0.15) is 5.75 Å². The van der Waals surface area contributed by atoms with Gasteiger partial charge in [-0.1, -0.05) is 67.6 Å². The van der Waals surface area contributed by atoms with Gasteiger partial charge in [0.05, 0.1) is 7.11 Å². The number of rotatable bonds is 8. The summed E-state index contributed by atoms with van der Waals surface area (Å²) in [5, 5.41) is 1.21. The molecule has 36 heavy (non-hydrogen) atoms. The Hall–Kier alpha value is -3.53. The molecular weight excluding hydrogens is 444 g/mol. The van der Waals surface area contributed by atoms with Crippen molar-refractivity contribution in [3.05, 3.63) is 101 Å². The van der Waals surface area contributed by atoms with Gasteiger partial charge in [-0.15, -0.1) is 0 Å². The molecule has 3 aromatic carbocycles. The number of para-hydroxylation sites is 1. The van der Waals surface area contributed by atoms with E-state index < -0.39 is 0 Å². The van der Waals surface area contributed by atoms with Crippen molar-refractivity contribution < 1.29 is 9.53 Å². The van der Waals surface area contributed by atoms with Gasteiger partial charge in [-0.2, -0.15) is 0 Å². The van der Waals surface area contributed by atoms with Crippen molar-refractivity contribution >= 4 is 16.8 Å². The Kier molecular flexibility index (Phi) is 7.41. The van der Waals surface area contributed by atoms with Crippen LogP contribution in [0.1, 0.15) is 54.4 Å². The number of aromatic amines is 1. The maximum absolute atomic E-state index is 13.6. The third-order valence-electron chi connectivity index (χ3n) is 7.80. The third-order valence-corrected chi connectivity index (χ3v) is 7.80. The van der Waals surface area contributed by atoms with Crippen molar-refractivity contribution in [2.24, 2.45) is 5.92 Å². The SMILES string of the molecule is CCc1cccc2c(C(CC(=O)N3CCC(Cc4ccccc4)CC3)c3cccc(OC)c3)c[nH]c12. The number of aromatic nitrogens is 1. The van der Waals surface area contributed by atoms with Crippen LogP contribution in [0.5, 0.6) is 5.75 Å². The molecule has 4 heteroatoms. The Labute approximate surface area is 214 Å².